The molecule has 1 saturated carbocycles. The lowest BCUT2D eigenvalue weighted by Gasteiger charge is -2.43. The standard InChI is InChI=1S/C29H33F6N3O3/c30-28(31,32)22-15-20(16-23(17-22)29(33,34)35)18-38(19-25(39)40)27(41)26(21-7-3-1-4-8-21)37-13-11-36(12-14-37)24-9-5-2-6-10-24/h1,3-4,7-8,15-17,24,26H,2,5-6,9-14,18-19H2,(H,39,40). The zero-order valence-electron chi connectivity index (χ0n) is 22.4. The highest BCUT2D eigenvalue weighted by molar-refractivity contribution is 5.86. The second-order valence-electron chi connectivity index (χ2n) is 10.7. The van der Waals surface area contributed by atoms with Gasteiger partial charge in [-0.1, -0.05) is 49.6 Å². The summed E-state index contributed by atoms with van der Waals surface area (Å²) in [5, 5.41) is 9.55. The zero-order chi connectivity index (χ0) is 29.8. The van der Waals surface area contributed by atoms with Crippen molar-refractivity contribution in [3.05, 3.63) is 70.8 Å². The van der Waals surface area contributed by atoms with Crippen LogP contribution < -0.4 is 0 Å². The molecule has 2 fully saturated rings. The summed E-state index contributed by atoms with van der Waals surface area (Å²) < 4.78 is 80.7. The van der Waals surface area contributed by atoms with Crippen molar-refractivity contribution >= 4 is 11.9 Å². The third kappa shape index (κ3) is 8.00. The minimum atomic E-state index is -5.07. The van der Waals surface area contributed by atoms with Gasteiger partial charge in [-0.25, -0.2) is 0 Å². The summed E-state index contributed by atoms with van der Waals surface area (Å²) in [6.45, 7) is 0.784. The molecule has 0 spiro atoms. The molecule has 6 nitrogen and oxygen atoms in total. The Morgan fingerprint density at radius 2 is 1.41 bits per heavy atom. The Bertz CT molecular complexity index is 1160. The molecular weight excluding hydrogens is 552 g/mol. The maximum absolute atomic E-state index is 14.0. The van der Waals surface area contributed by atoms with Gasteiger partial charge in [-0.3, -0.25) is 19.4 Å². The maximum Gasteiger partial charge on any atom is 0.416 e. The number of alkyl halides is 6. The lowest BCUT2D eigenvalue weighted by atomic mass is 9.93. The van der Waals surface area contributed by atoms with Gasteiger partial charge >= 0.3 is 18.3 Å². The average Bonchev–Trinajstić information content (AvgIpc) is 2.93. The molecule has 1 heterocycles. The first-order valence-electron chi connectivity index (χ1n) is 13.6. The number of carbonyl (C=O) groups is 2. The van der Waals surface area contributed by atoms with E-state index in [2.05, 4.69) is 4.90 Å². The molecule has 1 atom stereocenters. The number of nitrogens with zero attached hydrogens (tertiary/aromatic N) is 3. The highest BCUT2D eigenvalue weighted by atomic mass is 19.4. The van der Waals surface area contributed by atoms with Crippen LogP contribution in [0.3, 0.4) is 0 Å². The molecule has 1 aliphatic carbocycles. The third-order valence-electron chi connectivity index (χ3n) is 7.81. The normalized spacial score (nSPS) is 18.7. The first kappa shape index (κ1) is 30.8. The van der Waals surface area contributed by atoms with E-state index in [9.17, 15) is 41.0 Å². The molecule has 0 radical (unpaired) electrons. The van der Waals surface area contributed by atoms with Crippen molar-refractivity contribution in [2.24, 2.45) is 0 Å². The summed E-state index contributed by atoms with van der Waals surface area (Å²) in [6, 6.07) is 9.20. The van der Waals surface area contributed by atoms with Crippen molar-refractivity contribution in [2.75, 3.05) is 32.7 Å². The van der Waals surface area contributed by atoms with Gasteiger partial charge in [0.2, 0.25) is 5.91 Å². The third-order valence-corrected chi connectivity index (χ3v) is 7.81. The van der Waals surface area contributed by atoms with E-state index in [1.165, 1.54) is 19.3 Å². The van der Waals surface area contributed by atoms with Crippen LogP contribution in [-0.4, -0.2) is 70.4 Å². The Hall–Kier alpha value is -3.12. The Labute approximate surface area is 234 Å². The molecule has 224 valence electrons. The molecular formula is C29H33F6N3O3. The SMILES string of the molecule is O=C(O)CN(Cc1cc(C(F)(F)F)cc(C(F)(F)F)c1)C(=O)C(c1ccccc1)N1CCN(C2CCCCC2)CC1. The van der Waals surface area contributed by atoms with Crippen molar-refractivity contribution in [3.8, 4) is 0 Å². The topological polar surface area (TPSA) is 64.1 Å². The molecule has 1 amide bonds. The second-order valence-corrected chi connectivity index (χ2v) is 10.7. The van der Waals surface area contributed by atoms with Crippen LogP contribution in [0, 0.1) is 0 Å². The van der Waals surface area contributed by atoms with E-state index >= 15 is 0 Å². The number of carboxylic acid groups (broad SMARTS) is 1. The van der Waals surface area contributed by atoms with Gasteiger partial charge in [0.15, 0.2) is 0 Å². The molecule has 2 aliphatic rings. The molecule has 4 rings (SSSR count). The van der Waals surface area contributed by atoms with Crippen molar-refractivity contribution in [2.45, 2.75) is 63.1 Å². The van der Waals surface area contributed by atoms with Crippen LogP contribution in [0.1, 0.15) is 60.4 Å². The van der Waals surface area contributed by atoms with Gasteiger partial charge in [0, 0.05) is 38.8 Å². The molecule has 1 aliphatic heterocycles. The molecule has 12 heteroatoms. The summed E-state index contributed by atoms with van der Waals surface area (Å²) in [5.74, 6) is -2.13. The summed E-state index contributed by atoms with van der Waals surface area (Å²) >= 11 is 0. The van der Waals surface area contributed by atoms with Gasteiger partial charge in [0.25, 0.3) is 0 Å². The fourth-order valence-corrected chi connectivity index (χ4v) is 5.83. The van der Waals surface area contributed by atoms with Crippen LogP contribution in [0.25, 0.3) is 0 Å². The molecule has 1 unspecified atom stereocenters. The van der Waals surface area contributed by atoms with Crippen LogP contribution in [0.2, 0.25) is 0 Å². The minimum Gasteiger partial charge on any atom is -0.480 e. The van der Waals surface area contributed by atoms with Gasteiger partial charge < -0.3 is 10.0 Å². The number of carbonyl (C=O) groups excluding carboxylic acids is 1. The quantitative estimate of drug-likeness (QED) is 0.395. The number of rotatable bonds is 8. The Balaban J connectivity index is 1.63. The van der Waals surface area contributed by atoms with Gasteiger partial charge in [-0.2, -0.15) is 26.3 Å². The molecule has 2 aromatic carbocycles. The number of halogens is 6. The molecule has 0 bridgehead atoms. The summed E-state index contributed by atoms with van der Waals surface area (Å²) in [6.07, 6.45) is -4.34. The summed E-state index contributed by atoms with van der Waals surface area (Å²) in [7, 11) is 0. The maximum atomic E-state index is 14.0. The Morgan fingerprint density at radius 1 is 0.854 bits per heavy atom. The van der Waals surface area contributed by atoms with Crippen LogP contribution in [0.4, 0.5) is 26.3 Å². The van der Waals surface area contributed by atoms with E-state index in [0.29, 0.717) is 49.9 Å². The number of aliphatic carboxylic acids is 1. The Kier molecular flexibility index (Phi) is 9.63. The van der Waals surface area contributed by atoms with Gasteiger partial charge in [0.1, 0.15) is 12.6 Å². The monoisotopic (exact) mass is 585 g/mol. The Morgan fingerprint density at radius 3 is 1.93 bits per heavy atom. The van der Waals surface area contributed by atoms with Crippen molar-refractivity contribution in [1.29, 1.82) is 0 Å². The second kappa shape index (κ2) is 12.8. The lowest BCUT2D eigenvalue weighted by Crippen LogP contribution is -2.54. The van der Waals surface area contributed by atoms with Gasteiger partial charge in [0.05, 0.1) is 11.1 Å². The van der Waals surface area contributed by atoms with Crippen molar-refractivity contribution in [1.82, 2.24) is 14.7 Å². The fourth-order valence-electron chi connectivity index (χ4n) is 5.83. The van der Waals surface area contributed by atoms with Crippen LogP contribution in [-0.2, 0) is 28.5 Å². The van der Waals surface area contributed by atoms with E-state index in [-0.39, 0.29) is 6.07 Å². The predicted molar refractivity (Wildman–Crippen MR) is 139 cm³/mol. The van der Waals surface area contributed by atoms with Crippen molar-refractivity contribution in [3.63, 3.8) is 0 Å². The van der Waals surface area contributed by atoms with Gasteiger partial charge in [-0.05, 0) is 42.2 Å². The molecule has 1 saturated heterocycles. The number of piperazine rings is 1. The van der Waals surface area contributed by atoms with E-state index < -0.39 is 60.1 Å². The summed E-state index contributed by atoms with van der Waals surface area (Å²) in [4.78, 5) is 30.9. The van der Waals surface area contributed by atoms with Crippen molar-refractivity contribution < 1.29 is 41.0 Å². The van der Waals surface area contributed by atoms with Gasteiger partial charge in [-0.15, -0.1) is 0 Å². The fraction of sp³-hybridized carbons (Fsp3) is 0.517. The number of hydrogen-bond donors (Lipinski definition) is 1. The van der Waals surface area contributed by atoms with Crippen LogP contribution >= 0.6 is 0 Å². The van der Waals surface area contributed by atoms with E-state index in [1.54, 1.807) is 30.3 Å². The van der Waals surface area contributed by atoms with E-state index in [4.69, 9.17) is 0 Å². The van der Waals surface area contributed by atoms with Crippen LogP contribution in [0.15, 0.2) is 48.5 Å². The first-order chi connectivity index (χ1) is 19.3. The largest absolute Gasteiger partial charge is 0.480 e. The summed E-state index contributed by atoms with van der Waals surface area (Å²) in [5.41, 5.74) is -2.94. The predicted octanol–water partition coefficient (Wildman–Crippen LogP) is 5.83. The first-order valence-corrected chi connectivity index (χ1v) is 13.6. The van der Waals surface area contributed by atoms with E-state index in [0.717, 1.165) is 17.7 Å². The molecule has 0 aromatic heterocycles. The highest BCUT2D eigenvalue weighted by Gasteiger charge is 2.39. The zero-order valence-corrected chi connectivity index (χ0v) is 22.4. The van der Waals surface area contributed by atoms with Crippen LogP contribution in [0.5, 0.6) is 0 Å². The number of benzene rings is 2. The molecule has 41 heavy (non-hydrogen) atoms. The number of amides is 1. The average molecular weight is 586 g/mol. The van der Waals surface area contributed by atoms with E-state index in [1.807, 2.05) is 4.90 Å². The number of carboxylic acids is 1. The highest BCUT2D eigenvalue weighted by Crippen LogP contribution is 2.37. The molecule has 2 aromatic rings. The molecule has 1 N–H and O–H groups in total. The minimum absolute atomic E-state index is 0.00539. The lowest BCUT2D eigenvalue weighted by molar-refractivity contribution is -0.148. The smallest absolute Gasteiger partial charge is 0.416 e. The number of hydrogen-bond acceptors (Lipinski definition) is 4.